The van der Waals surface area contributed by atoms with Crippen LogP contribution < -0.4 is 4.74 Å². The van der Waals surface area contributed by atoms with E-state index in [4.69, 9.17) is 21.1 Å². The average Bonchev–Trinajstić information content (AvgIpc) is 3.09. The number of pyridine rings is 1. The van der Waals surface area contributed by atoms with E-state index in [0.29, 0.717) is 37.1 Å². The third kappa shape index (κ3) is 3.93. The minimum Gasteiger partial charge on any atom is -0.487 e. The third-order valence-corrected chi connectivity index (χ3v) is 6.42. The van der Waals surface area contributed by atoms with E-state index in [1.807, 2.05) is 16.7 Å². The first-order valence-corrected chi connectivity index (χ1v) is 10.3. The molecule has 4 rings (SSSR count). The van der Waals surface area contributed by atoms with Crippen LogP contribution in [0.3, 0.4) is 0 Å². The predicted molar refractivity (Wildman–Crippen MR) is 101 cm³/mol. The molecule has 0 amide bonds. The highest BCUT2D eigenvalue weighted by atomic mass is 35.5. The minimum absolute atomic E-state index is 0.249. The Morgan fingerprint density at radius 2 is 1.81 bits per heavy atom. The maximum atomic E-state index is 12.6. The first kappa shape index (κ1) is 18.2. The van der Waals surface area contributed by atoms with E-state index in [1.165, 1.54) is 4.31 Å². The first-order chi connectivity index (χ1) is 13.0. The lowest BCUT2D eigenvalue weighted by Gasteiger charge is -2.26. The van der Waals surface area contributed by atoms with Crippen molar-refractivity contribution in [1.29, 1.82) is 0 Å². The van der Waals surface area contributed by atoms with Gasteiger partial charge in [-0.15, -0.1) is 0 Å². The van der Waals surface area contributed by atoms with Crippen molar-refractivity contribution in [2.45, 2.75) is 11.5 Å². The molecule has 0 N–H and O–H groups in total. The summed E-state index contributed by atoms with van der Waals surface area (Å²) in [5.74, 6) is 0.575. The van der Waals surface area contributed by atoms with Gasteiger partial charge in [-0.25, -0.2) is 13.4 Å². The molecule has 1 aliphatic rings. The van der Waals surface area contributed by atoms with Crippen molar-refractivity contribution in [3.63, 3.8) is 0 Å². The molecule has 0 saturated carbocycles. The lowest BCUT2D eigenvalue weighted by molar-refractivity contribution is 0.0730. The molecule has 1 aliphatic heterocycles. The summed E-state index contributed by atoms with van der Waals surface area (Å²) in [7, 11) is -3.50. The van der Waals surface area contributed by atoms with Crippen LogP contribution in [0.5, 0.6) is 5.75 Å². The van der Waals surface area contributed by atoms with Crippen molar-refractivity contribution < 1.29 is 17.9 Å². The normalized spacial score (nSPS) is 15.9. The van der Waals surface area contributed by atoms with Crippen LogP contribution in [-0.4, -0.2) is 48.4 Å². The van der Waals surface area contributed by atoms with Crippen LogP contribution in [0.15, 0.2) is 53.7 Å². The van der Waals surface area contributed by atoms with E-state index >= 15 is 0 Å². The van der Waals surface area contributed by atoms with Gasteiger partial charge in [0.1, 0.15) is 18.0 Å². The number of nitrogens with zero attached hydrogens (tertiary/aromatic N) is 3. The van der Waals surface area contributed by atoms with Gasteiger partial charge >= 0.3 is 0 Å². The quantitative estimate of drug-likeness (QED) is 0.650. The Labute approximate surface area is 162 Å². The van der Waals surface area contributed by atoms with E-state index in [0.717, 1.165) is 11.3 Å². The number of benzene rings is 1. The Morgan fingerprint density at radius 1 is 1.07 bits per heavy atom. The minimum atomic E-state index is -3.50. The Morgan fingerprint density at radius 3 is 2.56 bits per heavy atom. The number of halogens is 1. The van der Waals surface area contributed by atoms with Crippen molar-refractivity contribution >= 4 is 27.3 Å². The fourth-order valence-corrected chi connectivity index (χ4v) is 4.46. The van der Waals surface area contributed by atoms with E-state index in [-0.39, 0.29) is 11.5 Å². The molecule has 0 unspecified atom stereocenters. The van der Waals surface area contributed by atoms with Gasteiger partial charge in [-0.3, -0.25) is 0 Å². The van der Waals surface area contributed by atoms with Crippen molar-refractivity contribution in [1.82, 2.24) is 13.7 Å². The second-order valence-corrected chi connectivity index (χ2v) is 8.50. The summed E-state index contributed by atoms with van der Waals surface area (Å²) < 4.78 is 39.4. The summed E-state index contributed by atoms with van der Waals surface area (Å²) in [6.07, 6.45) is 3.62. The number of aromatic nitrogens is 2. The monoisotopic (exact) mass is 407 g/mol. The zero-order chi connectivity index (χ0) is 18.9. The van der Waals surface area contributed by atoms with Gasteiger partial charge in [0, 0.05) is 25.5 Å². The standard InChI is InChI=1S/C18H18ClN3O4S/c19-14-1-6-18-20-15(12-21(18)11-14)13-26-16-2-4-17(5-3-16)27(23,24)22-7-9-25-10-8-22/h1-6,11-12H,7-10,13H2. The van der Waals surface area contributed by atoms with E-state index < -0.39 is 10.0 Å². The summed E-state index contributed by atoms with van der Waals surface area (Å²) in [4.78, 5) is 4.70. The highest BCUT2D eigenvalue weighted by molar-refractivity contribution is 7.89. The van der Waals surface area contributed by atoms with Gasteiger partial charge in [0.25, 0.3) is 0 Å². The summed E-state index contributed by atoms with van der Waals surface area (Å²) in [5, 5.41) is 0.629. The third-order valence-electron chi connectivity index (χ3n) is 4.28. The van der Waals surface area contributed by atoms with Gasteiger partial charge in [0.2, 0.25) is 10.0 Å². The predicted octanol–water partition coefficient (Wildman–Crippen LogP) is 2.59. The van der Waals surface area contributed by atoms with E-state index in [9.17, 15) is 8.42 Å². The maximum absolute atomic E-state index is 12.6. The Hall–Kier alpha value is -2.13. The number of rotatable bonds is 5. The molecule has 2 aromatic heterocycles. The molecule has 27 heavy (non-hydrogen) atoms. The van der Waals surface area contributed by atoms with E-state index in [1.54, 1.807) is 36.5 Å². The van der Waals surface area contributed by atoms with Gasteiger partial charge in [-0.1, -0.05) is 11.6 Å². The number of morpholine rings is 1. The molecule has 7 nitrogen and oxygen atoms in total. The molecule has 142 valence electrons. The van der Waals surface area contributed by atoms with Crippen LogP contribution in [0.2, 0.25) is 5.02 Å². The zero-order valence-electron chi connectivity index (χ0n) is 14.4. The lowest BCUT2D eigenvalue weighted by Crippen LogP contribution is -2.40. The van der Waals surface area contributed by atoms with Crippen LogP contribution in [0.4, 0.5) is 0 Å². The van der Waals surface area contributed by atoms with Gasteiger partial charge in [-0.2, -0.15) is 4.31 Å². The summed E-state index contributed by atoms with van der Waals surface area (Å²) in [5.41, 5.74) is 1.53. The Kier molecular flexibility index (Phi) is 5.05. The number of ether oxygens (including phenoxy) is 2. The van der Waals surface area contributed by atoms with Crippen molar-refractivity contribution in [2.75, 3.05) is 26.3 Å². The number of hydrogen-bond acceptors (Lipinski definition) is 5. The highest BCUT2D eigenvalue weighted by Crippen LogP contribution is 2.21. The summed E-state index contributed by atoms with van der Waals surface area (Å²) in [6.45, 7) is 1.86. The van der Waals surface area contributed by atoms with Crippen LogP contribution in [0.1, 0.15) is 5.69 Å². The van der Waals surface area contributed by atoms with Crippen LogP contribution in [0, 0.1) is 0 Å². The molecule has 3 heterocycles. The molecule has 1 saturated heterocycles. The average molecular weight is 408 g/mol. The first-order valence-electron chi connectivity index (χ1n) is 8.46. The van der Waals surface area contributed by atoms with Crippen LogP contribution in [0.25, 0.3) is 5.65 Å². The Bertz CT molecular complexity index is 1040. The Balaban J connectivity index is 1.44. The largest absolute Gasteiger partial charge is 0.487 e. The smallest absolute Gasteiger partial charge is 0.243 e. The fraction of sp³-hybridized carbons (Fsp3) is 0.278. The SMILES string of the molecule is O=S(=O)(c1ccc(OCc2cn3cc(Cl)ccc3n2)cc1)N1CCOCC1. The molecule has 1 aromatic carbocycles. The molecule has 0 radical (unpaired) electrons. The fourth-order valence-electron chi connectivity index (χ4n) is 2.89. The molecule has 9 heteroatoms. The van der Waals surface area contributed by atoms with Gasteiger partial charge in [0.05, 0.1) is 28.8 Å². The summed E-state index contributed by atoms with van der Waals surface area (Å²) >= 11 is 5.97. The summed E-state index contributed by atoms with van der Waals surface area (Å²) in [6, 6.07) is 10.0. The van der Waals surface area contributed by atoms with Crippen molar-refractivity contribution in [2.24, 2.45) is 0 Å². The molecule has 0 bridgehead atoms. The van der Waals surface area contributed by atoms with Crippen molar-refractivity contribution in [3.05, 3.63) is 59.5 Å². The van der Waals surface area contributed by atoms with E-state index in [2.05, 4.69) is 4.98 Å². The second kappa shape index (κ2) is 7.47. The van der Waals surface area contributed by atoms with Crippen LogP contribution >= 0.6 is 11.6 Å². The number of fused-ring (bicyclic) bond motifs is 1. The van der Waals surface area contributed by atoms with Crippen molar-refractivity contribution in [3.8, 4) is 5.75 Å². The highest BCUT2D eigenvalue weighted by Gasteiger charge is 2.26. The molecular formula is C18H18ClN3O4S. The number of imidazole rings is 1. The number of sulfonamides is 1. The number of hydrogen-bond donors (Lipinski definition) is 0. The topological polar surface area (TPSA) is 73.1 Å². The second-order valence-electron chi connectivity index (χ2n) is 6.12. The molecule has 3 aromatic rings. The van der Waals surface area contributed by atoms with Crippen LogP contribution in [-0.2, 0) is 21.4 Å². The van der Waals surface area contributed by atoms with Gasteiger partial charge in [0.15, 0.2) is 0 Å². The zero-order valence-corrected chi connectivity index (χ0v) is 16.0. The molecule has 0 atom stereocenters. The van der Waals surface area contributed by atoms with Gasteiger partial charge in [-0.05, 0) is 36.4 Å². The lowest BCUT2D eigenvalue weighted by atomic mass is 10.3. The molecular weight excluding hydrogens is 390 g/mol. The maximum Gasteiger partial charge on any atom is 0.243 e. The molecule has 1 fully saturated rings. The molecule has 0 aliphatic carbocycles. The van der Waals surface area contributed by atoms with Gasteiger partial charge < -0.3 is 13.9 Å². The molecule has 0 spiro atoms.